The van der Waals surface area contributed by atoms with Crippen LogP contribution < -0.4 is 26.8 Å². The van der Waals surface area contributed by atoms with Gasteiger partial charge in [0.1, 0.15) is 35.1 Å². The van der Waals surface area contributed by atoms with Gasteiger partial charge in [0.25, 0.3) is 0 Å². The molecule has 6 N–H and O–H groups in total. The summed E-state index contributed by atoms with van der Waals surface area (Å²) in [6.07, 6.45) is 1.78. The maximum atomic E-state index is 11.5. The normalized spacial score (nSPS) is 14.3. The highest BCUT2D eigenvalue weighted by Crippen LogP contribution is 2.43. The SMILES string of the molecule is COC(=O)COc1ccc(Br)cc1C1N=C(NC#N)Nc2nc(N)c(C#N)c(N)c21. The van der Waals surface area contributed by atoms with Crippen molar-refractivity contribution in [1.82, 2.24) is 10.3 Å². The van der Waals surface area contributed by atoms with Crippen LogP contribution in [0.1, 0.15) is 22.7 Å². The molecule has 0 amide bonds. The van der Waals surface area contributed by atoms with Crippen LogP contribution in [0.25, 0.3) is 0 Å². The van der Waals surface area contributed by atoms with Crippen molar-refractivity contribution in [3.63, 3.8) is 0 Å². The molecule has 30 heavy (non-hydrogen) atoms. The number of hydrogen-bond acceptors (Lipinski definition) is 11. The molecule has 0 fully saturated rings. The standard InChI is InChI=1S/C18H15BrN8O3/c1-29-12(28)6-30-11-3-2-8(19)4-9(11)15-13-14(22)10(5-20)16(23)26-17(13)27-18(25-15)24-7-21/h2-4,15H,6H2,1H3,(H6,22,23,24,25,26,27). The van der Waals surface area contributed by atoms with E-state index in [1.54, 1.807) is 24.4 Å². The van der Waals surface area contributed by atoms with Gasteiger partial charge in [0.15, 0.2) is 12.8 Å². The molecule has 1 aliphatic rings. The van der Waals surface area contributed by atoms with Crippen molar-refractivity contribution in [2.24, 2.45) is 4.99 Å². The fourth-order valence-electron chi connectivity index (χ4n) is 2.87. The van der Waals surface area contributed by atoms with E-state index in [2.05, 4.69) is 41.3 Å². The van der Waals surface area contributed by atoms with E-state index in [9.17, 15) is 10.1 Å². The molecule has 0 bridgehead atoms. The highest BCUT2D eigenvalue weighted by Gasteiger charge is 2.31. The van der Waals surface area contributed by atoms with Gasteiger partial charge in [0.05, 0.1) is 12.8 Å². The lowest BCUT2D eigenvalue weighted by Gasteiger charge is -2.27. The predicted molar refractivity (Wildman–Crippen MR) is 111 cm³/mol. The Morgan fingerprint density at radius 1 is 1.40 bits per heavy atom. The van der Waals surface area contributed by atoms with E-state index < -0.39 is 12.0 Å². The molecule has 1 aromatic carbocycles. The lowest BCUT2D eigenvalue weighted by atomic mass is 9.94. The van der Waals surface area contributed by atoms with Crippen LogP contribution in [0.3, 0.4) is 0 Å². The Kier molecular flexibility index (Phi) is 5.90. The molecule has 11 nitrogen and oxygen atoms in total. The molecule has 0 radical (unpaired) electrons. The number of hydrogen-bond donors (Lipinski definition) is 4. The van der Waals surface area contributed by atoms with Gasteiger partial charge in [-0.05, 0) is 18.2 Å². The summed E-state index contributed by atoms with van der Waals surface area (Å²) >= 11 is 3.40. The molecule has 0 spiro atoms. The Balaban J connectivity index is 2.20. The smallest absolute Gasteiger partial charge is 0.343 e. The molecular weight excluding hydrogens is 456 g/mol. The number of pyridine rings is 1. The van der Waals surface area contributed by atoms with E-state index in [-0.39, 0.29) is 35.5 Å². The largest absolute Gasteiger partial charge is 0.482 e. The monoisotopic (exact) mass is 470 g/mol. The summed E-state index contributed by atoms with van der Waals surface area (Å²) in [5.74, 6) is 0.0436. The predicted octanol–water partition coefficient (Wildman–Crippen LogP) is 1.37. The first kappa shape index (κ1) is 20.7. The van der Waals surface area contributed by atoms with Crippen molar-refractivity contribution in [2.75, 3.05) is 30.5 Å². The third-order valence-corrected chi connectivity index (χ3v) is 4.69. The number of carbonyl (C=O) groups is 1. The fourth-order valence-corrected chi connectivity index (χ4v) is 3.24. The maximum absolute atomic E-state index is 11.5. The Morgan fingerprint density at radius 3 is 2.83 bits per heavy atom. The number of fused-ring (bicyclic) bond motifs is 1. The lowest BCUT2D eigenvalue weighted by molar-refractivity contribution is -0.142. The van der Waals surface area contributed by atoms with Gasteiger partial charge in [-0.15, -0.1) is 0 Å². The Hall–Kier alpha value is -4.03. The number of nitrogens with zero attached hydrogens (tertiary/aromatic N) is 4. The fraction of sp³-hybridized carbons (Fsp3) is 0.167. The summed E-state index contributed by atoms with van der Waals surface area (Å²) in [5.41, 5.74) is 13.1. The third kappa shape index (κ3) is 3.90. The van der Waals surface area contributed by atoms with E-state index in [1.165, 1.54) is 7.11 Å². The summed E-state index contributed by atoms with van der Waals surface area (Å²) in [6.45, 7) is -0.325. The Morgan fingerprint density at radius 2 is 2.17 bits per heavy atom. The molecule has 0 aliphatic carbocycles. The number of nitrogen functional groups attached to an aromatic ring is 2. The molecule has 0 saturated heterocycles. The van der Waals surface area contributed by atoms with Crippen LogP contribution in [0.2, 0.25) is 0 Å². The minimum atomic E-state index is -0.817. The minimum absolute atomic E-state index is 0.0134. The van der Waals surface area contributed by atoms with Crippen LogP contribution in [0.4, 0.5) is 17.3 Å². The second-order valence-corrected chi connectivity index (χ2v) is 6.86. The van der Waals surface area contributed by atoms with Crippen molar-refractivity contribution in [1.29, 1.82) is 10.5 Å². The first-order valence-electron chi connectivity index (χ1n) is 8.37. The third-order valence-electron chi connectivity index (χ3n) is 4.20. The van der Waals surface area contributed by atoms with Crippen LogP contribution in [-0.2, 0) is 9.53 Å². The average Bonchev–Trinajstić information content (AvgIpc) is 2.72. The van der Waals surface area contributed by atoms with Gasteiger partial charge >= 0.3 is 5.97 Å². The molecule has 0 saturated carbocycles. The van der Waals surface area contributed by atoms with Gasteiger partial charge in [0.2, 0.25) is 5.96 Å². The summed E-state index contributed by atoms with van der Waals surface area (Å²) in [6, 6.07) is 6.21. The van der Waals surface area contributed by atoms with E-state index in [4.69, 9.17) is 21.5 Å². The summed E-state index contributed by atoms with van der Waals surface area (Å²) in [7, 11) is 1.25. The molecule has 12 heteroatoms. The van der Waals surface area contributed by atoms with Gasteiger partial charge in [-0.2, -0.15) is 10.5 Å². The zero-order valence-corrected chi connectivity index (χ0v) is 17.1. The van der Waals surface area contributed by atoms with Crippen LogP contribution >= 0.6 is 15.9 Å². The number of nitrogens with one attached hydrogen (secondary N) is 2. The number of esters is 1. The summed E-state index contributed by atoms with van der Waals surface area (Å²) < 4.78 is 10.9. The number of nitrogens with two attached hydrogens (primary N) is 2. The van der Waals surface area contributed by atoms with Crippen molar-refractivity contribution in [3.05, 3.63) is 39.4 Å². The van der Waals surface area contributed by atoms with Gasteiger partial charge in [-0.25, -0.2) is 14.8 Å². The van der Waals surface area contributed by atoms with Gasteiger partial charge in [0, 0.05) is 15.6 Å². The van der Waals surface area contributed by atoms with E-state index in [0.29, 0.717) is 21.3 Å². The van der Waals surface area contributed by atoms with Crippen LogP contribution in [0.5, 0.6) is 5.75 Å². The number of guanidine groups is 1. The van der Waals surface area contributed by atoms with Gasteiger partial charge in [-0.3, -0.25) is 5.32 Å². The number of anilines is 3. The number of aliphatic imine (C=N–C) groups is 1. The first-order valence-corrected chi connectivity index (χ1v) is 9.16. The topological polar surface area (TPSA) is 184 Å². The maximum Gasteiger partial charge on any atom is 0.343 e. The van der Waals surface area contributed by atoms with E-state index in [1.807, 2.05) is 6.07 Å². The molecule has 2 heterocycles. The molecule has 3 rings (SSSR count). The van der Waals surface area contributed by atoms with Crippen molar-refractivity contribution in [2.45, 2.75) is 6.04 Å². The first-order chi connectivity index (χ1) is 14.4. The second-order valence-electron chi connectivity index (χ2n) is 5.95. The average molecular weight is 471 g/mol. The van der Waals surface area contributed by atoms with Gasteiger partial charge in [-0.1, -0.05) is 15.9 Å². The number of carbonyl (C=O) groups excluding carboxylic acids is 1. The minimum Gasteiger partial charge on any atom is -0.482 e. The van der Waals surface area contributed by atoms with Gasteiger partial charge < -0.3 is 26.3 Å². The molecule has 1 aromatic heterocycles. The van der Waals surface area contributed by atoms with Crippen LogP contribution in [0.15, 0.2) is 27.7 Å². The molecule has 152 valence electrons. The molecular formula is C18H15BrN8O3. The lowest BCUT2D eigenvalue weighted by Crippen LogP contribution is -2.33. The zero-order valence-electron chi connectivity index (χ0n) is 15.6. The van der Waals surface area contributed by atoms with E-state index in [0.717, 1.165) is 0 Å². The number of halogens is 1. The van der Waals surface area contributed by atoms with Crippen LogP contribution in [-0.4, -0.2) is 30.6 Å². The Bertz CT molecular complexity index is 1140. The summed E-state index contributed by atoms with van der Waals surface area (Å²) in [5, 5.41) is 23.7. The number of aromatic nitrogens is 1. The number of rotatable bonds is 4. The molecule has 1 unspecified atom stereocenters. The molecule has 2 aromatic rings. The zero-order chi connectivity index (χ0) is 21.8. The van der Waals surface area contributed by atoms with Crippen LogP contribution in [0, 0.1) is 22.8 Å². The number of ether oxygens (including phenoxy) is 2. The summed E-state index contributed by atoms with van der Waals surface area (Å²) in [4.78, 5) is 20.2. The number of benzene rings is 1. The Labute approximate surface area is 179 Å². The second kappa shape index (κ2) is 8.55. The quantitative estimate of drug-likeness (QED) is 0.288. The molecule has 1 aliphatic heterocycles. The van der Waals surface area contributed by atoms with Crippen molar-refractivity contribution < 1.29 is 14.3 Å². The molecule has 1 atom stereocenters. The van der Waals surface area contributed by atoms with Crippen molar-refractivity contribution in [3.8, 4) is 18.0 Å². The number of nitriles is 2. The van der Waals surface area contributed by atoms with Crippen molar-refractivity contribution >= 4 is 45.2 Å². The highest BCUT2D eigenvalue weighted by atomic mass is 79.9. The van der Waals surface area contributed by atoms with E-state index >= 15 is 0 Å². The number of methoxy groups -OCH3 is 1. The highest BCUT2D eigenvalue weighted by molar-refractivity contribution is 9.10.